The number of hydrogen-bond acceptors (Lipinski definition) is 3. The number of halogens is 2. The van der Waals surface area contributed by atoms with Crippen molar-refractivity contribution in [3.8, 4) is 5.75 Å². The number of aryl methyl sites for hydroxylation is 1. The zero-order valence-corrected chi connectivity index (χ0v) is 14.4. The van der Waals surface area contributed by atoms with Gasteiger partial charge in [-0.1, -0.05) is 6.92 Å². The van der Waals surface area contributed by atoms with Gasteiger partial charge in [-0.3, -0.25) is 0 Å². The number of aromatic nitrogens is 1. The van der Waals surface area contributed by atoms with Gasteiger partial charge in [-0.25, -0.2) is 4.98 Å². The Balaban J connectivity index is 2.79. The monoisotopic (exact) mass is 386 g/mol. The average Bonchev–Trinajstić information content (AvgIpc) is 2.39. The van der Waals surface area contributed by atoms with E-state index in [0.29, 0.717) is 0 Å². The van der Waals surface area contributed by atoms with E-state index in [4.69, 9.17) is 9.72 Å². The zero-order valence-electron chi connectivity index (χ0n) is 11.2. The van der Waals surface area contributed by atoms with E-state index in [2.05, 4.69) is 57.1 Å². The normalized spacial score (nSPS) is 10.8. The van der Waals surface area contributed by atoms with Gasteiger partial charge < -0.3 is 10.1 Å². The molecule has 3 nitrogen and oxygen atoms in total. The molecule has 0 saturated carbocycles. The summed E-state index contributed by atoms with van der Waals surface area (Å²) in [5.74, 6) is 1.77. The molecule has 0 bridgehead atoms. The van der Waals surface area contributed by atoms with Gasteiger partial charge in [0.1, 0.15) is 11.6 Å². The van der Waals surface area contributed by atoms with E-state index in [1.54, 1.807) is 7.11 Å². The van der Waals surface area contributed by atoms with E-state index in [1.807, 2.05) is 6.07 Å². The molecular formula is C14H16Br2N2O. The Morgan fingerprint density at radius 1 is 1.21 bits per heavy atom. The summed E-state index contributed by atoms with van der Waals surface area (Å²) < 4.78 is 7.37. The SMILES string of the molecule is CCNc1nc2c(Br)cc(Br)c(OC)c2cc1CC. The molecule has 0 aliphatic heterocycles. The lowest BCUT2D eigenvalue weighted by molar-refractivity contribution is 0.417. The minimum absolute atomic E-state index is 0.823. The molecule has 1 heterocycles. The number of anilines is 1. The van der Waals surface area contributed by atoms with Crippen LogP contribution in [-0.2, 0) is 6.42 Å². The lowest BCUT2D eigenvalue weighted by Crippen LogP contribution is -2.04. The van der Waals surface area contributed by atoms with Gasteiger partial charge in [-0.2, -0.15) is 0 Å². The molecule has 5 heteroatoms. The van der Waals surface area contributed by atoms with Gasteiger partial charge >= 0.3 is 0 Å². The Hall–Kier alpha value is -0.810. The minimum Gasteiger partial charge on any atom is -0.495 e. The molecular weight excluding hydrogens is 372 g/mol. The lowest BCUT2D eigenvalue weighted by atomic mass is 10.1. The lowest BCUT2D eigenvalue weighted by Gasteiger charge is -2.14. The first-order valence-corrected chi connectivity index (χ1v) is 7.80. The Morgan fingerprint density at radius 2 is 1.95 bits per heavy atom. The molecule has 0 spiro atoms. The van der Waals surface area contributed by atoms with Crippen molar-refractivity contribution in [2.24, 2.45) is 0 Å². The number of nitrogens with zero attached hydrogens (tertiary/aromatic N) is 1. The van der Waals surface area contributed by atoms with Crippen molar-refractivity contribution in [2.75, 3.05) is 19.0 Å². The predicted octanol–water partition coefficient (Wildman–Crippen LogP) is 4.76. The third kappa shape index (κ3) is 2.72. The molecule has 0 amide bonds. The molecule has 0 atom stereocenters. The molecule has 19 heavy (non-hydrogen) atoms. The van der Waals surface area contributed by atoms with Gasteiger partial charge in [-0.15, -0.1) is 0 Å². The van der Waals surface area contributed by atoms with Crippen LogP contribution in [-0.4, -0.2) is 18.6 Å². The van der Waals surface area contributed by atoms with Crippen molar-refractivity contribution in [2.45, 2.75) is 20.3 Å². The van der Waals surface area contributed by atoms with Crippen LogP contribution in [0.1, 0.15) is 19.4 Å². The van der Waals surface area contributed by atoms with E-state index in [9.17, 15) is 0 Å². The maximum atomic E-state index is 5.48. The predicted molar refractivity (Wildman–Crippen MR) is 87.2 cm³/mol. The smallest absolute Gasteiger partial charge is 0.142 e. The molecule has 0 unspecified atom stereocenters. The number of hydrogen-bond donors (Lipinski definition) is 1. The summed E-state index contributed by atoms with van der Waals surface area (Å²) in [6.07, 6.45) is 0.929. The molecule has 1 N–H and O–H groups in total. The second-order valence-electron chi connectivity index (χ2n) is 4.15. The molecule has 102 valence electrons. The summed E-state index contributed by atoms with van der Waals surface area (Å²) in [6, 6.07) is 4.12. The van der Waals surface area contributed by atoms with Crippen LogP contribution in [0.15, 0.2) is 21.1 Å². The molecule has 0 saturated heterocycles. The topological polar surface area (TPSA) is 34.2 Å². The number of rotatable bonds is 4. The Kier molecular flexibility index (Phi) is 4.68. The maximum absolute atomic E-state index is 5.48. The summed E-state index contributed by atoms with van der Waals surface area (Å²) >= 11 is 7.09. The first-order chi connectivity index (χ1) is 9.12. The second kappa shape index (κ2) is 6.09. The van der Waals surface area contributed by atoms with Crippen molar-refractivity contribution in [1.82, 2.24) is 4.98 Å². The van der Waals surface area contributed by atoms with Crippen LogP contribution in [0.4, 0.5) is 5.82 Å². The van der Waals surface area contributed by atoms with Gasteiger partial charge in [-0.05, 0) is 62.9 Å². The van der Waals surface area contributed by atoms with Crippen molar-refractivity contribution < 1.29 is 4.74 Å². The highest BCUT2D eigenvalue weighted by molar-refractivity contribution is 9.11. The fraction of sp³-hybridized carbons (Fsp3) is 0.357. The fourth-order valence-electron chi connectivity index (χ4n) is 2.08. The summed E-state index contributed by atoms with van der Waals surface area (Å²) in [6.45, 7) is 5.06. The molecule has 0 radical (unpaired) electrons. The third-order valence-electron chi connectivity index (χ3n) is 2.97. The quantitative estimate of drug-likeness (QED) is 0.820. The number of ether oxygens (including phenoxy) is 1. The van der Waals surface area contributed by atoms with E-state index in [0.717, 1.165) is 44.4 Å². The van der Waals surface area contributed by atoms with Crippen LogP contribution in [0.3, 0.4) is 0 Å². The van der Waals surface area contributed by atoms with Crippen LogP contribution in [0, 0.1) is 0 Å². The average molecular weight is 388 g/mol. The molecule has 2 rings (SSSR count). The van der Waals surface area contributed by atoms with Crippen LogP contribution in [0.25, 0.3) is 10.9 Å². The summed E-state index contributed by atoms with van der Waals surface area (Å²) in [7, 11) is 1.68. The first kappa shape index (κ1) is 14.6. The largest absolute Gasteiger partial charge is 0.495 e. The summed E-state index contributed by atoms with van der Waals surface area (Å²) in [4.78, 5) is 4.73. The molecule has 1 aromatic heterocycles. The van der Waals surface area contributed by atoms with E-state index in [1.165, 1.54) is 5.56 Å². The van der Waals surface area contributed by atoms with E-state index in [-0.39, 0.29) is 0 Å². The van der Waals surface area contributed by atoms with Gasteiger partial charge in [0.25, 0.3) is 0 Å². The van der Waals surface area contributed by atoms with Crippen molar-refractivity contribution in [3.63, 3.8) is 0 Å². The number of nitrogens with one attached hydrogen (secondary N) is 1. The highest BCUT2D eigenvalue weighted by Crippen LogP contribution is 2.39. The molecule has 0 aliphatic rings. The Labute approximate surface area is 130 Å². The van der Waals surface area contributed by atoms with Crippen LogP contribution in [0.5, 0.6) is 5.75 Å². The van der Waals surface area contributed by atoms with E-state index < -0.39 is 0 Å². The third-order valence-corrected chi connectivity index (χ3v) is 4.17. The van der Waals surface area contributed by atoms with Crippen molar-refractivity contribution >= 4 is 48.6 Å². The highest BCUT2D eigenvalue weighted by Gasteiger charge is 2.14. The second-order valence-corrected chi connectivity index (χ2v) is 5.86. The van der Waals surface area contributed by atoms with Gasteiger partial charge in [0.05, 0.1) is 17.1 Å². The Morgan fingerprint density at radius 3 is 2.53 bits per heavy atom. The Bertz CT molecular complexity index is 614. The standard InChI is InChI=1S/C14H16Br2N2O/c1-4-8-6-9-12(18-14(8)17-5-2)10(15)7-11(16)13(9)19-3/h6-7H,4-5H2,1-3H3,(H,17,18). The zero-order chi connectivity index (χ0) is 14.0. The highest BCUT2D eigenvalue weighted by atomic mass is 79.9. The molecule has 0 aliphatic carbocycles. The summed E-state index contributed by atoms with van der Waals surface area (Å²) in [5.41, 5.74) is 2.10. The number of methoxy groups -OCH3 is 1. The first-order valence-electron chi connectivity index (χ1n) is 6.21. The van der Waals surface area contributed by atoms with Crippen molar-refractivity contribution in [3.05, 3.63) is 26.6 Å². The minimum atomic E-state index is 0.823. The molecule has 1 aromatic carbocycles. The number of pyridine rings is 1. The van der Waals surface area contributed by atoms with Gasteiger partial charge in [0.15, 0.2) is 0 Å². The number of fused-ring (bicyclic) bond motifs is 1. The van der Waals surface area contributed by atoms with Gasteiger partial charge in [0, 0.05) is 16.4 Å². The van der Waals surface area contributed by atoms with Gasteiger partial charge in [0.2, 0.25) is 0 Å². The van der Waals surface area contributed by atoms with Crippen LogP contribution in [0.2, 0.25) is 0 Å². The van der Waals surface area contributed by atoms with Crippen LogP contribution >= 0.6 is 31.9 Å². The summed E-state index contributed by atoms with van der Waals surface area (Å²) in [5, 5.41) is 4.33. The maximum Gasteiger partial charge on any atom is 0.142 e. The van der Waals surface area contributed by atoms with Crippen molar-refractivity contribution in [1.29, 1.82) is 0 Å². The fourth-order valence-corrected chi connectivity index (χ4v) is 3.52. The molecule has 2 aromatic rings. The van der Waals surface area contributed by atoms with E-state index >= 15 is 0 Å². The molecule has 0 fully saturated rings. The number of benzene rings is 1. The van der Waals surface area contributed by atoms with Crippen LogP contribution < -0.4 is 10.1 Å².